The molecule has 0 unspecified atom stereocenters. The van der Waals surface area contributed by atoms with E-state index >= 15 is 0 Å². The second-order valence-corrected chi connectivity index (χ2v) is 4.07. The number of aryl methyl sites for hydroxylation is 1. The van der Waals surface area contributed by atoms with Crippen LogP contribution in [0, 0.1) is 6.07 Å². The van der Waals surface area contributed by atoms with Gasteiger partial charge in [0.25, 0.3) is 0 Å². The Morgan fingerprint density at radius 2 is 1.89 bits per heavy atom. The van der Waals surface area contributed by atoms with Crippen molar-refractivity contribution in [1.82, 2.24) is 14.5 Å². The van der Waals surface area contributed by atoms with Crippen LogP contribution in [-0.2, 0) is 27.2 Å². The fourth-order valence-electron chi connectivity index (χ4n) is 1.91. The number of hydrogen-bond acceptors (Lipinski definition) is 2. The summed E-state index contributed by atoms with van der Waals surface area (Å²) >= 11 is 0. The Morgan fingerprint density at radius 3 is 2.58 bits per heavy atom. The summed E-state index contributed by atoms with van der Waals surface area (Å²) in [6.45, 7) is 0. The molecule has 0 spiro atoms. The predicted octanol–water partition coefficient (Wildman–Crippen LogP) is 2.95. The second-order valence-electron chi connectivity index (χ2n) is 4.07. The monoisotopic (exact) mass is 427 g/mol. The molecule has 0 N–H and O–H groups in total. The zero-order valence-electron chi connectivity index (χ0n) is 10.4. The molecule has 0 saturated carbocycles. The number of rotatable bonds is 2. The van der Waals surface area contributed by atoms with E-state index in [1.54, 1.807) is 12.4 Å². The largest absolute Gasteiger partial charge is 0.387 e. The predicted molar refractivity (Wildman–Crippen MR) is 70.7 cm³/mol. The van der Waals surface area contributed by atoms with Gasteiger partial charge < -0.3 is 9.55 Å². The van der Waals surface area contributed by atoms with Crippen molar-refractivity contribution in [2.45, 2.75) is 0 Å². The Balaban J connectivity index is 0.00000133. The molecule has 0 aliphatic heterocycles. The molecule has 3 nitrogen and oxygen atoms in total. The maximum atomic E-state index is 4.36. The molecule has 2 heterocycles. The van der Waals surface area contributed by atoms with Crippen LogP contribution in [-0.4, -0.2) is 14.5 Å². The maximum absolute atomic E-state index is 4.36. The standard InChI is InChI=1S/C15H12N3.Ir/c1-18-10-9-17-15(18)13-7-8-16-14(11-13)12-5-3-2-4-6-12;/h2-6,8-11H,1H3;/q-1;. The smallest absolute Gasteiger partial charge is 0.0295 e. The average molecular weight is 426 g/mol. The van der Waals surface area contributed by atoms with Crippen molar-refractivity contribution in [2.24, 2.45) is 7.05 Å². The zero-order valence-corrected chi connectivity index (χ0v) is 12.8. The van der Waals surface area contributed by atoms with Crippen LogP contribution < -0.4 is 0 Å². The molecule has 1 aromatic carbocycles. The van der Waals surface area contributed by atoms with Gasteiger partial charge in [0.05, 0.1) is 0 Å². The van der Waals surface area contributed by atoms with Gasteiger partial charge in [-0.1, -0.05) is 30.3 Å². The first-order chi connectivity index (χ1) is 8.84. The number of hydrogen-bond donors (Lipinski definition) is 0. The molecule has 19 heavy (non-hydrogen) atoms. The molecule has 97 valence electrons. The number of aromatic nitrogens is 3. The fourth-order valence-corrected chi connectivity index (χ4v) is 1.91. The van der Waals surface area contributed by atoms with E-state index in [4.69, 9.17) is 0 Å². The third-order valence-corrected chi connectivity index (χ3v) is 2.84. The minimum atomic E-state index is 0. The van der Waals surface area contributed by atoms with Crippen LogP contribution >= 0.6 is 0 Å². The minimum Gasteiger partial charge on any atom is -0.387 e. The summed E-state index contributed by atoms with van der Waals surface area (Å²) in [5.41, 5.74) is 2.99. The van der Waals surface area contributed by atoms with E-state index in [9.17, 15) is 0 Å². The number of pyridine rings is 1. The van der Waals surface area contributed by atoms with E-state index in [1.165, 1.54) is 0 Å². The molecule has 0 aliphatic carbocycles. The van der Waals surface area contributed by atoms with Crippen LogP contribution in [0.5, 0.6) is 0 Å². The summed E-state index contributed by atoms with van der Waals surface area (Å²) < 4.78 is 1.97. The van der Waals surface area contributed by atoms with Crippen molar-refractivity contribution in [3.8, 4) is 22.6 Å². The van der Waals surface area contributed by atoms with E-state index in [0.717, 1.165) is 22.6 Å². The average Bonchev–Trinajstić information content (AvgIpc) is 2.86. The van der Waals surface area contributed by atoms with Crippen molar-refractivity contribution < 1.29 is 20.1 Å². The normalized spacial score (nSPS) is 9.95. The summed E-state index contributed by atoms with van der Waals surface area (Å²) in [5, 5.41) is 0. The van der Waals surface area contributed by atoms with Crippen LogP contribution in [0.3, 0.4) is 0 Å². The number of nitrogens with zero attached hydrogens (tertiary/aromatic N) is 3. The van der Waals surface area contributed by atoms with E-state index < -0.39 is 0 Å². The summed E-state index contributed by atoms with van der Waals surface area (Å²) in [6, 6.07) is 15.2. The van der Waals surface area contributed by atoms with Crippen molar-refractivity contribution in [3.05, 3.63) is 61.1 Å². The van der Waals surface area contributed by atoms with Gasteiger partial charge in [-0.05, 0) is 18.8 Å². The Morgan fingerprint density at radius 1 is 1.11 bits per heavy atom. The molecule has 2 aromatic heterocycles. The molecular formula is C15H12IrN3-. The molecule has 3 rings (SSSR count). The van der Waals surface area contributed by atoms with Crippen LogP contribution in [0.15, 0.2) is 55.0 Å². The Kier molecular flexibility index (Phi) is 4.25. The van der Waals surface area contributed by atoms with Gasteiger partial charge in [0.1, 0.15) is 0 Å². The molecule has 0 atom stereocenters. The van der Waals surface area contributed by atoms with Crippen LogP contribution in [0.4, 0.5) is 0 Å². The van der Waals surface area contributed by atoms with Crippen molar-refractivity contribution >= 4 is 0 Å². The summed E-state index contributed by atoms with van der Waals surface area (Å²) in [5.74, 6) is 0.898. The van der Waals surface area contributed by atoms with Gasteiger partial charge in [0.15, 0.2) is 0 Å². The SMILES string of the molecule is Cn1ccnc1-c1[c-]cnc(-c2ccccc2)c1.[Ir]. The first kappa shape index (κ1) is 13.7. The van der Waals surface area contributed by atoms with Crippen molar-refractivity contribution in [2.75, 3.05) is 0 Å². The van der Waals surface area contributed by atoms with Gasteiger partial charge in [-0.15, -0.1) is 11.6 Å². The Bertz CT molecular complexity index is 662. The third-order valence-electron chi connectivity index (χ3n) is 2.84. The molecule has 0 amide bonds. The zero-order chi connectivity index (χ0) is 12.4. The van der Waals surface area contributed by atoms with Gasteiger partial charge in [-0.3, -0.25) is 4.98 Å². The second kappa shape index (κ2) is 5.91. The maximum Gasteiger partial charge on any atom is 0.0295 e. The summed E-state index contributed by atoms with van der Waals surface area (Å²) in [4.78, 5) is 8.68. The van der Waals surface area contributed by atoms with E-state index in [-0.39, 0.29) is 20.1 Å². The Hall–Kier alpha value is -1.77. The van der Waals surface area contributed by atoms with Gasteiger partial charge >= 0.3 is 0 Å². The van der Waals surface area contributed by atoms with Gasteiger partial charge in [-0.25, -0.2) is 0 Å². The van der Waals surface area contributed by atoms with Crippen LogP contribution in [0.1, 0.15) is 0 Å². The van der Waals surface area contributed by atoms with E-state index in [1.807, 2.05) is 54.2 Å². The number of benzene rings is 1. The molecule has 0 fully saturated rings. The summed E-state index contributed by atoms with van der Waals surface area (Å²) in [6.07, 6.45) is 5.41. The van der Waals surface area contributed by atoms with Gasteiger partial charge in [-0.2, -0.15) is 6.07 Å². The van der Waals surface area contributed by atoms with E-state index in [2.05, 4.69) is 16.0 Å². The molecule has 1 radical (unpaired) electrons. The molecule has 3 aromatic rings. The van der Waals surface area contributed by atoms with Gasteiger partial charge in [0.2, 0.25) is 0 Å². The van der Waals surface area contributed by atoms with Crippen molar-refractivity contribution in [3.63, 3.8) is 0 Å². The van der Waals surface area contributed by atoms with Crippen molar-refractivity contribution in [1.29, 1.82) is 0 Å². The van der Waals surface area contributed by atoms with Gasteiger partial charge in [0, 0.05) is 44.0 Å². The number of imidazole rings is 1. The van der Waals surface area contributed by atoms with Crippen LogP contribution in [0.25, 0.3) is 22.6 Å². The Labute approximate surface area is 125 Å². The molecule has 4 heteroatoms. The van der Waals surface area contributed by atoms with E-state index in [0.29, 0.717) is 0 Å². The fraction of sp³-hybridized carbons (Fsp3) is 0.0667. The first-order valence-electron chi connectivity index (χ1n) is 5.75. The molecule has 0 bridgehead atoms. The molecular weight excluding hydrogens is 414 g/mol. The minimum absolute atomic E-state index is 0. The topological polar surface area (TPSA) is 30.7 Å². The molecule has 0 aliphatic rings. The summed E-state index contributed by atoms with van der Waals surface area (Å²) in [7, 11) is 1.97. The van der Waals surface area contributed by atoms with Crippen LogP contribution in [0.2, 0.25) is 0 Å². The molecule has 0 saturated heterocycles. The quantitative estimate of drug-likeness (QED) is 0.590. The third kappa shape index (κ3) is 2.80. The first-order valence-corrected chi connectivity index (χ1v) is 5.75.